The zero-order valence-electron chi connectivity index (χ0n) is 13.0. The minimum atomic E-state index is -0.280. The Morgan fingerprint density at radius 2 is 1.73 bits per heavy atom. The highest BCUT2D eigenvalue weighted by molar-refractivity contribution is 5.81. The molecule has 0 saturated carbocycles. The topological polar surface area (TPSA) is 73.9 Å². The van der Waals surface area contributed by atoms with Crippen LogP contribution in [-0.2, 0) is 9.59 Å². The van der Waals surface area contributed by atoms with Crippen LogP contribution >= 0.6 is 0 Å². The second-order valence-corrected chi connectivity index (χ2v) is 5.19. The van der Waals surface area contributed by atoms with Crippen molar-refractivity contribution in [2.45, 2.75) is 6.92 Å². The molecule has 0 unspecified atom stereocenters. The number of methoxy groups -OCH3 is 1. The number of anilines is 1. The SMILES string of the molecule is COc1ccc(N2CCN(CC(=O)NNC(C)=O)CC2)cc1. The van der Waals surface area contributed by atoms with Crippen LogP contribution < -0.4 is 20.5 Å². The van der Waals surface area contributed by atoms with E-state index < -0.39 is 0 Å². The third kappa shape index (κ3) is 4.63. The number of hydrazine groups is 1. The first-order valence-corrected chi connectivity index (χ1v) is 7.25. The maximum absolute atomic E-state index is 11.6. The highest BCUT2D eigenvalue weighted by atomic mass is 16.5. The van der Waals surface area contributed by atoms with Crippen molar-refractivity contribution < 1.29 is 14.3 Å². The summed E-state index contributed by atoms with van der Waals surface area (Å²) in [5.41, 5.74) is 5.83. The first-order chi connectivity index (χ1) is 10.6. The molecule has 7 nitrogen and oxygen atoms in total. The van der Waals surface area contributed by atoms with Gasteiger partial charge in [-0.2, -0.15) is 0 Å². The molecular weight excluding hydrogens is 284 g/mol. The fourth-order valence-corrected chi connectivity index (χ4v) is 2.36. The predicted molar refractivity (Wildman–Crippen MR) is 83.6 cm³/mol. The summed E-state index contributed by atoms with van der Waals surface area (Å²) in [5.74, 6) is 0.364. The van der Waals surface area contributed by atoms with E-state index >= 15 is 0 Å². The highest BCUT2D eigenvalue weighted by Gasteiger charge is 2.19. The number of hydrogen-bond donors (Lipinski definition) is 2. The fourth-order valence-electron chi connectivity index (χ4n) is 2.36. The van der Waals surface area contributed by atoms with Crippen LogP contribution in [0.15, 0.2) is 24.3 Å². The van der Waals surface area contributed by atoms with E-state index in [1.807, 2.05) is 24.3 Å². The summed E-state index contributed by atoms with van der Waals surface area (Å²) in [6, 6.07) is 7.97. The van der Waals surface area contributed by atoms with Crippen molar-refractivity contribution in [2.75, 3.05) is 44.7 Å². The first kappa shape index (κ1) is 16.1. The Balaban J connectivity index is 1.77. The molecule has 1 aliphatic heterocycles. The standard InChI is InChI=1S/C15H22N4O3/c1-12(20)16-17-15(21)11-18-7-9-19(10-8-18)13-3-5-14(22-2)6-4-13/h3-6H,7-11H2,1-2H3,(H,16,20)(H,17,21). The summed E-state index contributed by atoms with van der Waals surface area (Å²) in [5, 5.41) is 0. The van der Waals surface area contributed by atoms with Gasteiger partial charge in [0.2, 0.25) is 5.91 Å². The van der Waals surface area contributed by atoms with Crippen molar-refractivity contribution in [3.63, 3.8) is 0 Å². The second kappa shape index (κ2) is 7.65. The van der Waals surface area contributed by atoms with Gasteiger partial charge in [0, 0.05) is 38.8 Å². The van der Waals surface area contributed by atoms with Crippen LogP contribution in [0.4, 0.5) is 5.69 Å². The number of nitrogens with zero attached hydrogens (tertiary/aromatic N) is 2. The third-order valence-electron chi connectivity index (χ3n) is 3.56. The van der Waals surface area contributed by atoms with Crippen molar-refractivity contribution >= 4 is 17.5 Å². The summed E-state index contributed by atoms with van der Waals surface area (Å²) in [7, 11) is 1.65. The van der Waals surface area contributed by atoms with Crippen molar-refractivity contribution in [3.8, 4) is 5.75 Å². The molecule has 0 aliphatic carbocycles. The van der Waals surface area contributed by atoms with E-state index in [0.717, 1.165) is 37.6 Å². The molecule has 7 heteroatoms. The monoisotopic (exact) mass is 306 g/mol. The number of hydrogen-bond acceptors (Lipinski definition) is 5. The zero-order valence-corrected chi connectivity index (χ0v) is 13.0. The van der Waals surface area contributed by atoms with Crippen LogP contribution in [0.1, 0.15) is 6.92 Å². The van der Waals surface area contributed by atoms with Crippen LogP contribution in [0, 0.1) is 0 Å². The number of ether oxygens (including phenoxy) is 1. The highest BCUT2D eigenvalue weighted by Crippen LogP contribution is 2.20. The van der Waals surface area contributed by atoms with Crippen LogP contribution in [0.25, 0.3) is 0 Å². The Bertz CT molecular complexity index is 510. The minimum Gasteiger partial charge on any atom is -0.497 e. The Labute approximate surface area is 130 Å². The lowest BCUT2D eigenvalue weighted by Crippen LogP contribution is -2.51. The number of rotatable bonds is 4. The lowest BCUT2D eigenvalue weighted by molar-refractivity contribution is -0.128. The molecule has 1 fully saturated rings. The molecule has 1 heterocycles. The molecule has 1 saturated heterocycles. The van der Waals surface area contributed by atoms with Gasteiger partial charge in [0.15, 0.2) is 0 Å². The van der Waals surface area contributed by atoms with E-state index in [1.165, 1.54) is 6.92 Å². The van der Waals surface area contributed by atoms with Gasteiger partial charge >= 0.3 is 0 Å². The van der Waals surface area contributed by atoms with Gasteiger partial charge in [-0.05, 0) is 24.3 Å². The Morgan fingerprint density at radius 1 is 1.09 bits per heavy atom. The van der Waals surface area contributed by atoms with Crippen LogP contribution in [-0.4, -0.2) is 56.5 Å². The van der Waals surface area contributed by atoms with Crippen molar-refractivity contribution in [1.29, 1.82) is 0 Å². The predicted octanol–water partition coefficient (Wildman–Crippen LogP) is -0.0155. The normalized spacial score (nSPS) is 15.3. The molecule has 0 spiro atoms. The molecule has 22 heavy (non-hydrogen) atoms. The first-order valence-electron chi connectivity index (χ1n) is 7.25. The molecule has 120 valence electrons. The molecule has 1 aromatic rings. The molecule has 0 bridgehead atoms. The molecular formula is C15H22N4O3. The Hall–Kier alpha value is -2.28. The molecule has 2 rings (SSSR count). The summed E-state index contributed by atoms with van der Waals surface area (Å²) >= 11 is 0. The van der Waals surface area contributed by atoms with Crippen molar-refractivity contribution in [3.05, 3.63) is 24.3 Å². The molecule has 1 aromatic carbocycles. The molecule has 2 amide bonds. The van der Waals surface area contributed by atoms with Crippen LogP contribution in [0.5, 0.6) is 5.75 Å². The van der Waals surface area contributed by atoms with Gasteiger partial charge in [0.05, 0.1) is 13.7 Å². The van der Waals surface area contributed by atoms with Gasteiger partial charge in [-0.15, -0.1) is 0 Å². The quantitative estimate of drug-likeness (QED) is 0.765. The molecule has 0 atom stereocenters. The number of amides is 2. The van der Waals surface area contributed by atoms with Crippen LogP contribution in [0.3, 0.4) is 0 Å². The van der Waals surface area contributed by atoms with Gasteiger partial charge in [-0.25, -0.2) is 0 Å². The number of piperazine rings is 1. The third-order valence-corrected chi connectivity index (χ3v) is 3.56. The fraction of sp³-hybridized carbons (Fsp3) is 0.467. The molecule has 2 N–H and O–H groups in total. The van der Waals surface area contributed by atoms with Gasteiger partial charge in [0.25, 0.3) is 5.91 Å². The number of carbonyl (C=O) groups excluding carboxylic acids is 2. The minimum absolute atomic E-state index is 0.201. The maximum Gasteiger partial charge on any atom is 0.252 e. The molecule has 0 radical (unpaired) electrons. The van der Waals surface area contributed by atoms with E-state index in [1.54, 1.807) is 7.11 Å². The van der Waals surface area contributed by atoms with Gasteiger partial charge in [0.1, 0.15) is 5.75 Å². The number of benzene rings is 1. The van der Waals surface area contributed by atoms with E-state index in [-0.39, 0.29) is 18.4 Å². The molecule has 0 aromatic heterocycles. The summed E-state index contributed by atoms with van der Waals surface area (Å²) in [6.07, 6.45) is 0. The Morgan fingerprint density at radius 3 is 2.27 bits per heavy atom. The average molecular weight is 306 g/mol. The van der Waals surface area contributed by atoms with Gasteiger partial charge in [-0.3, -0.25) is 25.3 Å². The zero-order chi connectivity index (χ0) is 15.9. The van der Waals surface area contributed by atoms with Gasteiger partial charge < -0.3 is 9.64 Å². The smallest absolute Gasteiger partial charge is 0.252 e. The van der Waals surface area contributed by atoms with E-state index in [9.17, 15) is 9.59 Å². The maximum atomic E-state index is 11.6. The van der Waals surface area contributed by atoms with Crippen molar-refractivity contribution in [2.24, 2.45) is 0 Å². The lowest BCUT2D eigenvalue weighted by atomic mass is 10.2. The van der Waals surface area contributed by atoms with Gasteiger partial charge in [-0.1, -0.05) is 0 Å². The Kier molecular flexibility index (Phi) is 5.60. The number of nitrogens with one attached hydrogen (secondary N) is 2. The lowest BCUT2D eigenvalue weighted by Gasteiger charge is -2.35. The van der Waals surface area contributed by atoms with E-state index in [0.29, 0.717) is 0 Å². The summed E-state index contributed by atoms with van der Waals surface area (Å²) in [6.45, 7) is 4.98. The largest absolute Gasteiger partial charge is 0.497 e. The average Bonchev–Trinajstić information content (AvgIpc) is 2.54. The summed E-state index contributed by atoms with van der Waals surface area (Å²) < 4.78 is 5.16. The summed E-state index contributed by atoms with van der Waals surface area (Å²) in [4.78, 5) is 26.7. The van der Waals surface area contributed by atoms with E-state index in [2.05, 4.69) is 20.7 Å². The second-order valence-electron chi connectivity index (χ2n) is 5.19. The molecule has 1 aliphatic rings. The number of carbonyl (C=O) groups is 2. The van der Waals surface area contributed by atoms with Crippen molar-refractivity contribution in [1.82, 2.24) is 15.8 Å². The van der Waals surface area contributed by atoms with E-state index in [4.69, 9.17) is 4.74 Å². The van der Waals surface area contributed by atoms with Crippen LogP contribution in [0.2, 0.25) is 0 Å².